The summed E-state index contributed by atoms with van der Waals surface area (Å²) < 4.78 is 40.4. The van der Waals surface area contributed by atoms with Gasteiger partial charge < -0.3 is 14.0 Å². The first-order valence-corrected chi connectivity index (χ1v) is 8.69. The van der Waals surface area contributed by atoms with Crippen LogP contribution in [0.4, 0.5) is 0 Å². The number of imidazole rings is 1. The predicted octanol–water partition coefficient (Wildman–Crippen LogP) is 0.693. The van der Waals surface area contributed by atoms with E-state index in [1.165, 1.54) is 6.20 Å². The Morgan fingerprint density at radius 3 is 2.48 bits per heavy atom. The lowest BCUT2D eigenvalue weighted by atomic mass is 9.91. The van der Waals surface area contributed by atoms with Crippen LogP contribution in [-0.4, -0.2) is 43.0 Å². The summed E-state index contributed by atoms with van der Waals surface area (Å²) in [7, 11) is -1.78. The molecule has 1 aromatic heterocycles. The van der Waals surface area contributed by atoms with Crippen LogP contribution in [0, 0.1) is 6.92 Å². The minimum atomic E-state index is -3.56. The summed E-state index contributed by atoms with van der Waals surface area (Å²) in [6.07, 6.45) is 4.41. The van der Waals surface area contributed by atoms with Gasteiger partial charge in [-0.15, -0.1) is 0 Å². The molecule has 118 valence electrons. The molecule has 1 aliphatic carbocycles. The smallest absolute Gasteiger partial charge is 0.259 e. The Morgan fingerprint density at radius 1 is 1.33 bits per heavy atom. The fourth-order valence-electron chi connectivity index (χ4n) is 2.90. The van der Waals surface area contributed by atoms with E-state index in [2.05, 4.69) is 9.71 Å². The number of nitrogens with one attached hydrogen (secondary N) is 1. The van der Waals surface area contributed by atoms with Gasteiger partial charge in [0.25, 0.3) is 10.0 Å². The maximum absolute atomic E-state index is 12.3. The fourth-order valence-corrected chi connectivity index (χ4v) is 4.24. The quantitative estimate of drug-likeness (QED) is 0.887. The van der Waals surface area contributed by atoms with Gasteiger partial charge in [0, 0.05) is 32.1 Å². The summed E-state index contributed by atoms with van der Waals surface area (Å²) in [4.78, 5) is 4.08. The molecule has 1 spiro atoms. The minimum Gasteiger partial charge on any atom is -0.348 e. The highest BCUT2D eigenvalue weighted by atomic mass is 32.2. The van der Waals surface area contributed by atoms with Gasteiger partial charge in [-0.1, -0.05) is 0 Å². The van der Waals surface area contributed by atoms with Crippen molar-refractivity contribution in [1.82, 2.24) is 14.3 Å². The number of hydrogen-bond donors (Lipinski definition) is 1. The second-order valence-electron chi connectivity index (χ2n) is 5.74. The highest BCUT2D eigenvalue weighted by Gasteiger charge is 2.41. The Kier molecular flexibility index (Phi) is 3.81. The van der Waals surface area contributed by atoms with E-state index in [9.17, 15) is 8.42 Å². The average molecular weight is 315 g/mol. The number of aromatic nitrogens is 2. The van der Waals surface area contributed by atoms with Crippen molar-refractivity contribution >= 4 is 10.0 Å². The van der Waals surface area contributed by atoms with Gasteiger partial charge in [0.05, 0.1) is 13.2 Å². The second-order valence-corrected chi connectivity index (χ2v) is 7.40. The third-order valence-electron chi connectivity index (χ3n) is 4.24. The number of rotatable bonds is 3. The zero-order valence-electron chi connectivity index (χ0n) is 12.3. The van der Waals surface area contributed by atoms with Crippen molar-refractivity contribution in [1.29, 1.82) is 0 Å². The molecule has 0 radical (unpaired) electrons. The number of nitrogens with zero attached hydrogens (tertiary/aromatic N) is 2. The number of aryl methyl sites for hydroxylation is 2. The Labute approximate surface area is 124 Å². The lowest BCUT2D eigenvalue weighted by molar-refractivity contribution is -0.178. The molecule has 3 rings (SSSR count). The van der Waals surface area contributed by atoms with Gasteiger partial charge in [-0.05, 0) is 19.8 Å². The molecule has 0 amide bonds. The van der Waals surface area contributed by atoms with Crippen molar-refractivity contribution in [2.24, 2.45) is 7.05 Å². The molecular formula is C13H21N3O4S. The van der Waals surface area contributed by atoms with E-state index in [1.54, 1.807) is 18.5 Å². The van der Waals surface area contributed by atoms with Crippen molar-refractivity contribution < 1.29 is 17.9 Å². The Balaban J connectivity index is 1.64. The van der Waals surface area contributed by atoms with Crippen LogP contribution >= 0.6 is 0 Å². The van der Waals surface area contributed by atoms with Crippen molar-refractivity contribution in [2.75, 3.05) is 13.2 Å². The summed E-state index contributed by atoms with van der Waals surface area (Å²) in [6.45, 7) is 3.03. The molecule has 1 aromatic rings. The summed E-state index contributed by atoms with van der Waals surface area (Å²) >= 11 is 0. The van der Waals surface area contributed by atoms with E-state index in [0.29, 0.717) is 31.9 Å². The van der Waals surface area contributed by atoms with Gasteiger partial charge in [0.2, 0.25) is 0 Å². The normalized spacial score (nSPS) is 23.0. The van der Waals surface area contributed by atoms with Crippen LogP contribution in [0.15, 0.2) is 11.2 Å². The molecule has 2 fully saturated rings. The molecule has 8 heteroatoms. The van der Waals surface area contributed by atoms with E-state index >= 15 is 0 Å². The molecule has 0 unspecified atom stereocenters. The summed E-state index contributed by atoms with van der Waals surface area (Å²) in [6, 6.07) is -0.0873. The van der Waals surface area contributed by atoms with E-state index in [4.69, 9.17) is 9.47 Å². The van der Waals surface area contributed by atoms with Gasteiger partial charge >= 0.3 is 0 Å². The van der Waals surface area contributed by atoms with Crippen LogP contribution in [0.3, 0.4) is 0 Å². The molecular weight excluding hydrogens is 294 g/mol. The predicted molar refractivity (Wildman–Crippen MR) is 75.2 cm³/mol. The van der Waals surface area contributed by atoms with Crippen LogP contribution in [0.2, 0.25) is 0 Å². The molecule has 1 saturated heterocycles. The zero-order valence-corrected chi connectivity index (χ0v) is 13.1. The van der Waals surface area contributed by atoms with Crippen LogP contribution < -0.4 is 4.72 Å². The van der Waals surface area contributed by atoms with Gasteiger partial charge in [-0.2, -0.15) is 0 Å². The first-order chi connectivity index (χ1) is 9.90. The Morgan fingerprint density at radius 2 is 1.95 bits per heavy atom. The SMILES string of the molecule is Cc1nc(S(=O)(=O)NC2CCC3(CC2)OCCO3)cn1C. The van der Waals surface area contributed by atoms with E-state index < -0.39 is 15.8 Å². The molecule has 1 N–H and O–H groups in total. The van der Waals surface area contributed by atoms with Crippen molar-refractivity contribution in [3.8, 4) is 0 Å². The lowest BCUT2D eigenvalue weighted by Gasteiger charge is -2.35. The monoisotopic (exact) mass is 315 g/mol. The highest BCUT2D eigenvalue weighted by molar-refractivity contribution is 7.89. The van der Waals surface area contributed by atoms with Gasteiger partial charge in [-0.3, -0.25) is 0 Å². The average Bonchev–Trinajstić information content (AvgIpc) is 3.02. The van der Waals surface area contributed by atoms with Crippen LogP contribution in [0.1, 0.15) is 31.5 Å². The number of ether oxygens (including phenoxy) is 2. The van der Waals surface area contributed by atoms with E-state index in [1.807, 2.05) is 0 Å². The minimum absolute atomic E-state index is 0.0798. The first kappa shape index (κ1) is 15.0. The number of sulfonamides is 1. The largest absolute Gasteiger partial charge is 0.348 e. The van der Waals surface area contributed by atoms with E-state index in [0.717, 1.165) is 12.8 Å². The zero-order chi connectivity index (χ0) is 15.1. The fraction of sp³-hybridized carbons (Fsp3) is 0.769. The Hall–Kier alpha value is -0.960. The van der Waals surface area contributed by atoms with Crippen molar-refractivity contribution in [2.45, 2.75) is 49.5 Å². The van der Waals surface area contributed by atoms with Crippen molar-refractivity contribution in [3.05, 3.63) is 12.0 Å². The maximum Gasteiger partial charge on any atom is 0.259 e. The van der Waals surface area contributed by atoms with Crippen LogP contribution in [-0.2, 0) is 26.5 Å². The van der Waals surface area contributed by atoms with Gasteiger partial charge in [-0.25, -0.2) is 18.1 Å². The Bertz CT molecular complexity index is 590. The maximum atomic E-state index is 12.3. The first-order valence-electron chi connectivity index (χ1n) is 7.20. The third-order valence-corrected chi connectivity index (χ3v) is 5.64. The molecule has 7 nitrogen and oxygen atoms in total. The molecule has 0 bridgehead atoms. The highest BCUT2D eigenvalue weighted by Crippen LogP contribution is 2.36. The standard InChI is InChI=1S/C13H21N3O4S/c1-10-14-12(9-16(10)2)21(17,18)15-11-3-5-13(6-4-11)19-7-8-20-13/h9,11,15H,3-8H2,1-2H3. The molecule has 21 heavy (non-hydrogen) atoms. The van der Waals surface area contributed by atoms with E-state index in [-0.39, 0.29) is 11.1 Å². The summed E-state index contributed by atoms with van der Waals surface area (Å²) in [5.41, 5.74) is 0. The number of hydrogen-bond acceptors (Lipinski definition) is 5. The molecule has 1 saturated carbocycles. The molecule has 0 aromatic carbocycles. The third kappa shape index (κ3) is 2.98. The molecule has 0 atom stereocenters. The molecule has 1 aliphatic heterocycles. The van der Waals surface area contributed by atoms with Crippen molar-refractivity contribution in [3.63, 3.8) is 0 Å². The molecule has 2 aliphatic rings. The second kappa shape index (κ2) is 5.35. The van der Waals surface area contributed by atoms with Crippen LogP contribution in [0.5, 0.6) is 0 Å². The lowest BCUT2D eigenvalue weighted by Crippen LogP contribution is -2.44. The topological polar surface area (TPSA) is 82.5 Å². The van der Waals surface area contributed by atoms with Gasteiger partial charge in [0.1, 0.15) is 5.82 Å². The van der Waals surface area contributed by atoms with Gasteiger partial charge in [0.15, 0.2) is 10.8 Å². The summed E-state index contributed by atoms with van der Waals surface area (Å²) in [5, 5.41) is 0.0798. The summed E-state index contributed by atoms with van der Waals surface area (Å²) in [5.74, 6) is 0.203. The molecule has 2 heterocycles. The van der Waals surface area contributed by atoms with Crippen LogP contribution in [0.25, 0.3) is 0 Å².